The number of carbonyl (C=O) groups is 2. The average molecular weight is 457 g/mol. The summed E-state index contributed by atoms with van der Waals surface area (Å²) in [5, 5.41) is 3.44. The molecule has 34 heavy (non-hydrogen) atoms. The minimum Gasteiger partial charge on any atom is -0.383 e. The van der Waals surface area contributed by atoms with Crippen molar-refractivity contribution in [1.29, 1.82) is 0 Å². The number of hydrogen-bond acceptors (Lipinski definition) is 3. The number of rotatable bonds is 8. The van der Waals surface area contributed by atoms with Gasteiger partial charge in [0.1, 0.15) is 0 Å². The van der Waals surface area contributed by atoms with E-state index in [4.69, 9.17) is 0 Å². The van der Waals surface area contributed by atoms with Gasteiger partial charge in [-0.3, -0.25) is 14.6 Å². The first-order chi connectivity index (χ1) is 16.5. The third kappa shape index (κ3) is 5.06. The normalized spacial score (nSPS) is 13.3. The van der Waals surface area contributed by atoms with Gasteiger partial charge in [-0.1, -0.05) is 35.9 Å². The van der Waals surface area contributed by atoms with Crippen LogP contribution in [0.25, 0.3) is 0 Å². The van der Waals surface area contributed by atoms with Crippen molar-refractivity contribution >= 4 is 29.0 Å². The maximum Gasteiger partial charge on any atom is 0.329 e. The lowest BCUT2D eigenvalue weighted by molar-refractivity contribution is 0.0770. The summed E-state index contributed by atoms with van der Waals surface area (Å²) in [6.07, 6.45) is 0. The fraction of sp³-hybridized carbons (Fsp3) is 0.286. The molecule has 3 aromatic carbocycles. The quantitative estimate of drug-likeness (QED) is 0.499. The van der Waals surface area contributed by atoms with Crippen molar-refractivity contribution in [3.63, 3.8) is 0 Å². The number of amides is 3. The minimum absolute atomic E-state index is 0.00450. The molecular formula is C28H32N4O2. The molecule has 0 aromatic heterocycles. The lowest BCUT2D eigenvalue weighted by Crippen LogP contribution is -2.35. The summed E-state index contributed by atoms with van der Waals surface area (Å²) in [7, 11) is 0. The van der Waals surface area contributed by atoms with Gasteiger partial charge in [-0.2, -0.15) is 0 Å². The predicted octanol–water partition coefficient (Wildman–Crippen LogP) is 5.32. The maximum atomic E-state index is 13.1. The van der Waals surface area contributed by atoms with Gasteiger partial charge in [-0.15, -0.1) is 0 Å². The summed E-state index contributed by atoms with van der Waals surface area (Å²) in [6, 6.07) is 23.3. The highest BCUT2D eigenvalue weighted by Gasteiger charge is 2.30. The van der Waals surface area contributed by atoms with Crippen LogP contribution in [-0.2, 0) is 0 Å². The number of para-hydroxylation sites is 1. The molecule has 3 aromatic rings. The molecule has 1 aliphatic rings. The van der Waals surface area contributed by atoms with Crippen molar-refractivity contribution in [2.24, 2.45) is 0 Å². The smallest absolute Gasteiger partial charge is 0.329 e. The van der Waals surface area contributed by atoms with Crippen molar-refractivity contribution in [3.8, 4) is 0 Å². The highest BCUT2D eigenvalue weighted by molar-refractivity contribution is 6.06. The van der Waals surface area contributed by atoms with Crippen LogP contribution in [0.1, 0.15) is 28.4 Å². The highest BCUT2D eigenvalue weighted by atomic mass is 16.2. The zero-order valence-electron chi connectivity index (χ0n) is 20.1. The second kappa shape index (κ2) is 10.4. The van der Waals surface area contributed by atoms with E-state index >= 15 is 0 Å². The SMILES string of the molecule is CCN(CCNc1ccc(C)cc1C)C(=O)c1ccc(N2CCN(c3ccccc3)C2=O)cc1. The lowest BCUT2D eigenvalue weighted by atomic mass is 10.1. The number of nitrogens with one attached hydrogen (secondary N) is 1. The van der Waals surface area contributed by atoms with E-state index in [2.05, 4.69) is 37.4 Å². The number of nitrogens with zero attached hydrogens (tertiary/aromatic N) is 3. The van der Waals surface area contributed by atoms with E-state index < -0.39 is 0 Å². The van der Waals surface area contributed by atoms with Crippen LogP contribution in [0.2, 0.25) is 0 Å². The van der Waals surface area contributed by atoms with Crippen LogP contribution in [-0.4, -0.2) is 49.6 Å². The van der Waals surface area contributed by atoms with E-state index in [-0.39, 0.29) is 11.9 Å². The fourth-order valence-corrected chi connectivity index (χ4v) is 4.33. The third-order valence-electron chi connectivity index (χ3n) is 6.25. The number of anilines is 3. The largest absolute Gasteiger partial charge is 0.383 e. The van der Waals surface area contributed by atoms with Crippen LogP contribution >= 0.6 is 0 Å². The zero-order valence-corrected chi connectivity index (χ0v) is 20.1. The van der Waals surface area contributed by atoms with Crippen LogP contribution in [0.15, 0.2) is 72.8 Å². The number of aryl methyl sites for hydroxylation is 2. The topological polar surface area (TPSA) is 55.9 Å². The molecule has 4 rings (SSSR count). The van der Waals surface area contributed by atoms with Gasteiger partial charge in [-0.25, -0.2) is 4.79 Å². The Balaban J connectivity index is 1.36. The van der Waals surface area contributed by atoms with Crippen LogP contribution in [0, 0.1) is 13.8 Å². The van der Waals surface area contributed by atoms with Crippen molar-refractivity contribution in [3.05, 3.63) is 89.5 Å². The van der Waals surface area contributed by atoms with Crippen LogP contribution in [0.3, 0.4) is 0 Å². The average Bonchev–Trinajstić information content (AvgIpc) is 3.24. The Morgan fingerprint density at radius 3 is 2.18 bits per heavy atom. The highest BCUT2D eigenvalue weighted by Crippen LogP contribution is 2.25. The van der Waals surface area contributed by atoms with E-state index in [0.717, 1.165) is 17.1 Å². The number of likely N-dealkylation sites (N-methyl/N-ethyl adjacent to an activating group) is 1. The Hall–Kier alpha value is -3.80. The number of hydrogen-bond donors (Lipinski definition) is 1. The molecule has 0 aliphatic carbocycles. The Morgan fingerprint density at radius 2 is 1.56 bits per heavy atom. The first-order valence-electron chi connectivity index (χ1n) is 11.8. The molecule has 3 amide bonds. The second-order valence-corrected chi connectivity index (χ2v) is 8.60. The fourth-order valence-electron chi connectivity index (χ4n) is 4.33. The standard InChI is InChI=1S/C28H32N4O2/c1-4-30(17-16-29-26-15-10-21(2)20-22(26)3)27(33)23-11-13-25(14-12-23)32-19-18-31(28(32)34)24-8-6-5-7-9-24/h5-15,20,29H,4,16-19H2,1-3H3. The van der Waals surface area contributed by atoms with Gasteiger partial charge in [0.15, 0.2) is 0 Å². The van der Waals surface area contributed by atoms with Gasteiger partial charge in [-0.05, 0) is 68.8 Å². The summed E-state index contributed by atoms with van der Waals surface area (Å²) in [5.41, 5.74) is 5.86. The number of carbonyl (C=O) groups excluding carboxylic acids is 2. The van der Waals surface area contributed by atoms with Crippen molar-refractivity contribution in [1.82, 2.24) is 4.90 Å². The number of urea groups is 1. The maximum absolute atomic E-state index is 13.1. The van der Waals surface area contributed by atoms with Crippen LogP contribution < -0.4 is 15.1 Å². The van der Waals surface area contributed by atoms with E-state index in [0.29, 0.717) is 38.3 Å². The van der Waals surface area contributed by atoms with E-state index in [1.807, 2.05) is 66.4 Å². The monoisotopic (exact) mass is 456 g/mol. The molecule has 1 saturated heterocycles. The first-order valence-corrected chi connectivity index (χ1v) is 11.8. The summed E-state index contributed by atoms with van der Waals surface area (Å²) >= 11 is 0. The Morgan fingerprint density at radius 1 is 0.912 bits per heavy atom. The molecule has 0 bridgehead atoms. The Labute approximate surface area is 201 Å². The van der Waals surface area contributed by atoms with Gasteiger partial charge in [0.05, 0.1) is 0 Å². The van der Waals surface area contributed by atoms with E-state index in [1.165, 1.54) is 11.1 Å². The third-order valence-corrected chi connectivity index (χ3v) is 6.25. The Kier molecular flexibility index (Phi) is 7.16. The van der Waals surface area contributed by atoms with Gasteiger partial charge in [0.2, 0.25) is 0 Å². The molecule has 176 valence electrons. The molecule has 0 unspecified atom stereocenters. The molecule has 0 radical (unpaired) electrons. The molecule has 1 N–H and O–H groups in total. The van der Waals surface area contributed by atoms with Crippen molar-refractivity contribution < 1.29 is 9.59 Å². The van der Waals surface area contributed by atoms with E-state index in [1.54, 1.807) is 9.80 Å². The first kappa shape index (κ1) is 23.4. The molecule has 1 heterocycles. The number of benzene rings is 3. The summed E-state index contributed by atoms with van der Waals surface area (Å²) in [4.78, 5) is 31.4. The molecule has 6 heteroatoms. The van der Waals surface area contributed by atoms with E-state index in [9.17, 15) is 9.59 Å². The van der Waals surface area contributed by atoms with Crippen LogP contribution in [0.4, 0.5) is 21.9 Å². The summed E-state index contributed by atoms with van der Waals surface area (Å²) in [5.74, 6) is -0.00450. The molecule has 0 saturated carbocycles. The summed E-state index contributed by atoms with van der Waals surface area (Å²) in [6.45, 7) is 9.34. The molecule has 0 atom stereocenters. The molecule has 1 aliphatic heterocycles. The lowest BCUT2D eigenvalue weighted by Gasteiger charge is -2.23. The minimum atomic E-state index is -0.0436. The van der Waals surface area contributed by atoms with Gasteiger partial charge < -0.3 is 10.2 Å². The van der Waals surface area contributed by atoms with Crippen LogP contribution in [0.5, 0.6) is 0 Å². The van der Waals surface area contributed by atoms with Gasteiger partial charge in [0.25, 0.3) is 5.91 Å². The molecule has 6 nitrogen and oxygen atoms in total. The second-order valence-electron chi connectivity index (χ2n) is 8.60. The van der Waals surface area contributed by atoms with Crippen molar-refractivity contribution in [2.75, 3.05) is 47.8 Å². The molecular weight excluding hydrogens is 424 g/mol. The molecule has 0 spiro atoms. The predicted molar refractivity (Wildman–Crippen MR) is 139 cm³/mol. The summed E-state index contributed by atoms with van der Waals surface area (Å²) < 4.78 is 0. The van der Waals surface area contributed by atoms with Crippen molar-refractivity contribution in [2.45, 2.75) is 20.8 Å². The Bertz CT molecular complexity index is 1140. The van der Waals surface area contributed by atoms with Gasteiger partial charge >= 0.3 is 6.03 Å². The zero-order chi connectivity index (χ0) is 24.1. The molecule has 1 fully saturated rings. The van der Waals surface area contributed by atoms with Gasteiger partial charge in [0, 0.05) is 55.3 Å².